The van der Waals surface area contributed by atoms with Gasteiger partial charge in [-0.3, -0.25) is 9.20 Å². The molecule has 2 aliphatic heterocycles. The van der Waals surface area contributed by atoms with Crippen molar-refractivity contribution >= 4 is 34.8 Å². The number of imide groups is 1. The Labute approximate surface area is 247 Å². The fraction of sp³-hybridized carbons (Fsp3) is 0.355. The summed E-state index contributed by atoms with van der Waals surface area (Å²) in [5.74, 6) is -0.397. The van der Waals surface area contributed by atoms with Crippen molar-refractivity contribution in [2.24, 2.45) is 0 Å². The van der Waals surface area contributed by atoms with Crippen molar-refractivity contribution in [2.45, 2.75) is 52.0 Å². The van der Waals surface area contributed by atoms with E-state index < -0.39 is 29.5 Å². The van der Waals surface area contributed by atoms with E-state index in [1.54, 1.807) is 56.8 Å². The van der Waals surface area contributed by atoms with Crippen LogP contribution in [0.3, 0.4) is 0 Å². The third kappa shape index (κ3) is 5.63. The van der Waals surface area contributed by atoms with Crippen LogP contribution in [0.2, 0.25) is 0 Å². The lowest BCUT2D eigenvalue weighted by Crippen LogP contribution is -2.47. The Bertz CT molecular complexity index is 1700. The van der Waals surface area contributed by atoms with Gasteiger partial charge in [0, 0.05) is 30.9 Å². The predicted molar refractivity (Wildman–Crippen MR) is 158 cm³/mol. The highest BCUT2D eigenvalue weighted by Crippen LogP contribution is 2.39. The summed E-state index contributed by atoms with van der Waals surface area (Å²) in [6.45, 7) is 8.66. The largest absolute Gasteiger partial charge is 0.443 e. The van der Waals surface area contributed by atoms with E-state index in [9.17, 15) is 19.1 Å². The number of hydrogen-bond acceptors (Lipinski definition) is 9. The van der Waals surface area contributed by atoms with Crippen molar-refractivity contribution in [3.8, 4) is 11.3 Å². The van der Waals surface area contributed by atoms with Crippen LogP contribution in [0.4, 0.5) is 26.4 Å². The van der Waals surface area contributed by atoms with Gasteiger partial charge in [0.25, 0.3) is 5.91 Å². The molecule has 0 saturated carbocycles. The number of anilines is 3. The maximum Gasteiger partial charge on any atom is 0.417 e. The van der Waals surface area contributed by atoms with Crippen LogP contribution >= 0.6 is 0 Å². The zero-order valence-electron chi connectivity index (χ0n) is 24.4. The van der Waals surface area contributed by atoms with E-state index in [0.717, 1.165) is 10.6 Å². The number of nitrogens with zero attached hydrogens (tertiary/aromatic N) is 5. The molecule has 2 amide bonds. The van der Waals surface area contributed by atoms with E-state index in [0.29, 0.717) is 59.2 Å². The van der Waals surface area contributed by atoms with Gasteiger partial charge < -0.3 is 24.8 Å². The Morgan fingerprint density at radius 2 is 2.00 bits per heavy atom. The molecule has 1 fully saturated rings. The van der Waals surface area contributed by atoms with E-state index in [2.05, 4.69) is 20.2 Å². The third-order valence-corrected chi connectivity index (χ3v) is 7.46. The average Bonchev–Trinajstić information content (AvgIpc) is 3.54. The minimum absolute atomic E-state index is 0.00376. The van der Waals surface area contributed by atoms with E-state index in [-0.39, 0.29) is 12.6 Å². The summed E-state index contributed by atoms with van der Waals surface area (Å²) < 4.78 is 26.8. The van der Waals surface area contributed by atoms with Crippen LogP contribution in [0.25, 0.3) is 16.9 Å². The number of aliphatic hydroxyl groups is 1. The van der Waals surface area contributed by atoms with Crippen LogP contribution in [-0.2, 0) is 16.0 Å². The van der Waals surface area contributed by atoms with Crippen LogP contribution in [0.15, 0.2) is 55.0 Å². The molecule has 5 heterocycles. The number of ether oxygens (including phenoxy) is 2. The number of hydrogen-bond donors (Lipinski definition) is 2. The number of aliphatic hydroxyl groups excluding tert-OH is 1. The first-order chi connectivity index (χ1) is 20.5. The van der Waals surface area contributed by atoms with Gasteiger partial charge >= 0.3 is 6.09 Å². The lowest BCUT2D eigenvalue weighted by atomic mass is 9.99. The zero-order valence-corrected chi connectivity index (χ0v) is 24.4. The molecule has 0 unspecified atom stereocenters. The molecule has 1 aromatic carbocycles. The second-order valence-corrected chi connectivity index (χ2v) is 11.7. The number of carbonyl (C=O) groups excluding carboxylic acids is 2. The monoisotopic (exact) mass is 588 g/mol. The quantitative estimate of drug-likeness (QED) is 0.340. The molecular weight excluding hydrogens is 555 g/mol. The first-order valence-corrected chi connectivity index (χ1v) is 14.1. The molecule has 12 heteroatoms. The Hall–Kier alpha value is -4.55. The van der Waals surface area contributed by atoms with Crippen molar-refractivity contribution < 1.29 is 28.6 Å². The molecule has 2 N–H and O–H groups in total. The summed E-state index contributed by atoms with van der Waals surface area (Å²) >= 11 is 0. The number of fused-ring (bicyclic) bond motifs is 2. The van der Waals surface area contributed by atoms with Gasteiger partial charge in [-0.25, -0.2) is 24.1 Å². The molecule has 0 radical (unpaired) electrons. The lowest BCUT2D eigenvalue weighted by Gasteiger charge is -2.35. The predicted octanol–water partition coefficient (Wildman–Crippen LogP) is 4.76. The number of morpholine rings is 1. The smallest absolute Gasteiger partial charge is 0.417 e. The number of rotatable bonds is 5. The SMILES string of the molecule is C[C@H](O)[C@H]1CN(c2ccc(Nc3ccc(-c4cnc5cc(F)ccn45)c4c3C(=O)N(C(=O)OC(C)(C)C)C4)nc2)CCO1. The number of nitrogens with one attached hydrogen (secondary N) is 1. The van der Waals surface area contributed by atoms with Gasteiger partial charge in [-0.05, 0) is 57.5 Å². The number of pyridine rings is 2. The molecular formula is C31H33FN6O5. The van der Waals surface area contributed by atoms with Crippen molar-refractivity contribution in [1.82, 2.24) is 19.3 Å². The van der Waals surface area contributed by atoms with E-state index in [1.807, 2.05) is 18.2 Å². The Kier molecular flexibility index (Phi) is 7.26. The average molecular weight is 589 g/mol. The number of aromatic nitrogens is 3. The Morgan fingerprint density at radius 1 is 1.19 bits per heavy atom. The molecule has 2 aliphatic rings. The minimum Gasteiger partial charge on any atom is -0.443 e. The van der Waals surface area contributed by atoms with Crippen LogP contribution in [0, 0.1) is 5.82 Å². The Morgan fingerprint density at radius 3 is 2.72 bits per heavy atom. The van der Waals surface area contributed by atoms with Gasteiger partial charge in [0.15, 0.2) is 0 Å². The molecule has 43 heavy (non-hydrogen) atoms. The number of halogens is 1. The summed E-state index contributed by atoms with van der Waals surface area (Å²) in [6.07, 6.45) is 3.33. The standard InChI is InChI=1S/C31H33FN6O5/c1-18(39)25-17-36(11-12-42-25)20-5-8-26(33-14-20)35-23-7-6-21(24-15-34-27-13-19(32)9-10-37(24)27)22-16-38(29(40)28(22)23)30(41)43-31(2,3)4/h5-10,13-15,18,25,39H,11-12,16-17H2,1-4H3,(H,33,35)/t18-,25+/m0/s1. The first-order valence-electron chi connectivity index (χ1n) is 14.1. The van der Waals surface area contributed by atoms with Gasteiger partial charge in [0.1, 0.15) is 29.0 Å². The van der Waals surface area contributed by atoms with E-state index in [4.69, 9.17) is 9.47 Å². The normalized spacial score (nSPS) is 17.7. The molecule has 11 nitrogen and oxygen atoms in total. The van der Waals surface area contributed by atoms with Crippen molar-refractivity contribution in [1.29, 1.82) is 0 Å². The van der Waals surface area contributed by atoms with Gasteiger partial charge in [-0.2, -0.15) is 0 Å². The Balaban J connectivity index is 1.34. The molecule has 0 spiro atoms. The summed E-state index contributed by atoms with van der Waals surface area (Å²) in [6, 6.07) is 10.0. The first kappa shape index (κ1) is 28.6. The fourth-order valence-corrected chi connectivity index (χ4v) is 5.37. The topological polar surface area (TPSA) is 122 Å². The summed E-state index contributed by atoms with van der Waals surface area (Å²) in [7, 11) is 0. The zero-order chi connectivity index (χ0) is 30.5. The van der Waals surface area contributed by atoms with Crippen LogP contribution in [-0.4, -0.2) is 73.9 Å². The van der Waals surface area contributed by atoms with Crippen molar-refractivity contribution in [3.05, 3.63) is 71.9 Å². The minimum atomic E-state index is -0.789. The molecule has 224 valence electrons. The van der Waals surface area contributed by atoms with Gasteiger partial charge in [0.05, 0.1) is 54.3 Å². The second-order valence-electron chi connectivity index (χ2n) is 11.7. The van der Waals surface area contributed by atoms with Gasteiger partial charge in [-0.15, -0.1) is 0 Å². The maximum atomic E-state index is 13.8. The number of imidazole rings is 1. The van der Waals surface area contributed by atoms with Gasteiger partial charge in [0.2, 0.25) is 0 Å². The highest BCUT2D eigenvalue weighted by molar-refractivity contribution is 6.11. The number of benzene rings is 1. The van der Waals surface area contributed by atoms with E-state index >= 15 is 0 Å². The molecule has 1 saturated heterocycles. The molecule has 0 bridgehead atoms. The summed E-state index contributed by atoms with van der Waals surface area (Å²) in [4.78, 5) is 38.9. The molecule has 6 rings (SSSR count). The van der Waals surface area contributed by atoms with Crippen LogP contribution in [0.5, 0.6) is 0 Å². The van der Waals surface area contributed by atoms with Crippen LogP contribution < -0.4 is 10.2 Å². The lowest BCUT2D eigenvalue weighted by molar-refractivity contribution is -0.0364. The third-order valence-electron chi connectivity index (χ3n) is 7.46. The van der Waals surface area contributed by atoms with E-state index in [1.165, 1.54) is 12.1 Å². The number of amides is 2. The fourth-order valence-electron chi connectivity index (χ4n) is 5.37. The second kappa shape index (κ2) is 10.9. The van der Waals surface area contributed by atoms with Crippen molar-refractivity contribution in [3.63, 3.8) is 0 Å². The molecule has 4 aromatic rings. The highest BCUT2D eigenvalue weighted by Gasteiger charge is 2.39. The summed E-state index contributed by atoms with van der Waals surface area (Å²) in [5, 5.41) is 13.2. The maximum absolute atomic E-state index is 13.8. The molecule has 3 aromatic heterocycles. The summed E-state index contributed by atoms with van der Waals surface area (Å²) in [5.41, 5.74) is 3.27. The van der Waals surface area contributed by atoms with Gasteiger partial charge in [-0.1, -0.05) is 6.07 Å². The van der Waals surface area contributed by atoms with Crippen LogP contribution in [0.1, 0.15) is 43.6 Å². The number of carbonyl (C=O) groups is 2. The molecule has 2 atom stereocenters. The molecule has 0 aliphatic carbocycles. The highest BCUT2D eigenvalue weighted by atomic mass is 19.1. The van der Waals surface area contributed by atoms with Crippen molar-refractivity contribution in [2.75, 3.05) is 29.9 Å².